The van der Waals surface area contributed by atoms with Crippen molar-refractivity contribution in [1.82, 2.24) is 0 Å². The van der Waals surface area contributed by atoms with Gasteiger partial charge in [-0.3, -0.25) is 25.0 Å². The van der Waals surface area contributed by atoms with E-state index in [0.717, 1.165) is 0 Å². The summed E-state index contributed by atoms with van der Waals surface area (Å²) in [6, 6.07) is 5.49. The fourth-order valence-electron chi connectivity index (χ4n) is 1.92. The van der Waals surface area contributed by atoms with Crippen molar-refractivity contribution in [3.05, 3.63) is 50.1 Å². The van der Waals surface area contributed by atoms with Gasteiger partial charge in [-0.05, 0) is 12.5 Å². The zero-order chi connectivity index (χ0) is 15.3. The van der Waals surface area contributed by atoms with Crippen LogP contribution in [0.1, 0.15) is 18.9 Å². The summed E-state index contributed by atoms with van der Waals surface area (Å²) in [4.78, 5) is 31.8. The second-order valence-corrected chi connectivity index (χ2v) is 4.61. The van der Waals surface area contributed by atoms with Crippen LogP contribution >= 0.6 is 0 Å². The second kappa shape index (κ2) is 6.09. The first-order valence-electron chi connectivity index (χ1n) is 5.72. The molecule has 0 aliphatic carbocycles. The molecule has 0 radical (unpaired) electrons. The van der Waals surface area contributed by atoms with Gasteiger partial charge in [-0.1, -0.05) is 12.1 Å². The van der Waals surface area contributed by atoms with Crippen LogP contribution in [0.3, 0.4) is 0 Å². The summed E-state index contributed by atoms with van der Waals surface area (Å²) in [5.41, 5.74) is -0.987. The average molecular weight is 282 g/mol. The minimum Gasteiger partial charge on any atom is -0.469 e. The van der Waals surface area contributed by atoms with Gasteiger partial charge in [0.15, 0.2) is 0 Å². The molecule has 108 valence electrons. The number of esters is 1. The average Bonchev–Trinajstić information content (AvgIpc) is 2.37. The molecule has 0 fully saturated rings. The van der Waals surface area contributed by atoms with E-state index in [4.69, 9.17) is 0 Å². The van der Waals surface area contributed by atoms with Crippen molar-refractivity contribution in [1.29, 1.82) is 0 Å². The van der Waals surface area contributed by atoms with Crippen LogP contribution in [0.25, 0.3) is 0 Å². The normalized spacial score (nSPS) is 13.3. The Hall–Kier alpha value is -2.51. The van der Waals surface area contributed by atoms with E-state index in [1.54, 1.807) is 0 Å². The van der Waals surface area contributed by atoms with Crippen molar-refractivity contribution in [3.8, 4) is 0 Å². The maximum absolute atomic E-state index is 11.4. The van der Waals surface area contributed by atoms with Gasteiger partial charge in [0.25, 0.3) is 5.69 Å². The molecule has 0 N–H and O–H groups in total. The topological polar surface area (TPSA) is 113 Å². The molecule has 0 saturated heterocycles. The highest BCUT2D eigenvalue weighted by molar-refractivity contribution is 5.71. The van der Waals surface area contributed by atoms with Gasteiger partial charge in [0.1, 0.15) is 0 Å². The molecule has 0 bridgehead atoms. The third kappa shape index (κ3) is 3.74. The molecule has 20 heavy (non-hydrogen) atoms. The van der Waals surface area contributed by atoms with Crippen molar-refractivity contribution in [2.24, 2.45) is 0 Å². The van der Waals surface area contributed by atoms with E-state index in [1.807, 2.05) is 0 Å². The zero-order valence-corrected chi connectivity index (χ0v) is 11.1. The van der Waals surface area contributed by atoms with Gasteiger partial charge in [0.05, 0.1) is 23.9 Å². The molecule has 1 aromatic rings. The van der Waals surface area contributed by atoms with Crippen LogP contribution in [0.2, 0.25) is 0 Å². The maximum Gasteiger partial charge on any atom is 0.306 e. The number of non-ortho nitro benzene ring substituents is 1. The number of benzene rings is 1. The summed E-state index contributed by atoms with van der Waals surface area (Å²) < 4.78 is 4.53. The lowest BCUT2D eigenvalue weighted by Crippen LogP contribution is -2.34. The summed E-state index contributed by atoms with van der Waals surface area (Å²) in [6.45, 7) is 0.981. The third-order valence-electron chi connectivity index (χ3n) is 2.99. The quantitative estimate of drug-likeness (QED) is 0.445. The van der Waals surface area contributed by atoms with E-state index in [1.165, 1.54) is 38.3 Å². The summed E-state index contributed by atoms with van der Waals surface area (Å²) in [7, 11) is 1.18. The Morgan fingerprint density at radius 2 is 2.00 bits per heavy atom. The minimum atomic E-state index is -1.16. The summed E-state index contributed by atoms with van der Waals surface area (Å²) in [5, 5.41) is 21.6. The number of nitro groups is 2. The monoisotopic (exact) mass is 282 g/mol. The highest BCUT2D eigenvalue weighted by atomic mass is 16.6. The number of methoxy groups -OCH3 is 1. The minimum absolute atomic E-state index is 0.179. The number of ether oxygens (including phenoxy) is 1. The number of nitrogens with zero attached hydrogens (tertiary/aromatic N) is 2. The molecule has 0 aromatic heterocycles. The number of rotatable bonds is 6. The van der Waals surface area contributed by atoms with Gasteiger partial charge in [-0.2, -0.15) is 0 Å². The predicted octanol–water partition coefficient (Wildman–Crippen LogP) is 1.69. The van der Waals surface area contributed by atoms with E-state index in [0.29, 0.717) is 5.56 Å². The molecule has 8 nitrogen and oxygen atoms in total. The highest BCUT2D eigenvalue weighted by Gasteiger charge is 2.36. The molecule has 0 aliphatic heterocycles. The van der Waals surface area contributed by atoms with E-state index >= 15 is 0 Å². The van der Waals surface area contributed by atoms with Gasteiger partial charge in [0, 0.05) is 17.1 Å². The van der Waals surface area contributed by atoms with Crippen LogP contribution < -0.4 is 0 Å². The summed E-state index contributed by atoms with van der Waals surface area (Å²) >= 11 is 0. The molecule has 0 amide bonds. The van der Waals surface area contributed by atoms with E-state index < -0.39 is 27.8 Å². The molecular weight excluding hydrogens is 268 g/mol. The molecule has 0 heterocycles. The Kier molecular flexibility index (Phi) is 4.73. The number of nitro benzene ring substituents is 1. The van der Waals surface area contributed by atoms with Crippen LogP contribution in [-0.4, -0.2) is 29.5 Å². The molecule has 0 saturated carbocycles. The first kappa shape index (κ1) is 15.5. The highest BCUT2D eigenvalue weighted by Crippen LogP contribution is 2.30. The third-order valence-corrected chi connectivity index (χ3v) is 2.99. The van der Waals surface area contributed by atoms with Gasteiger partial charge in [-0.15, -0.1) is 0 Å². The lowest BCUT2D eigenvalue weighted by Gasteiger charge is -2.24. The predicted molar refractivity (Wildman–Crippen MR) is 68.9 cm³/mol. The van der Waals surface area contributed by atoms with Gasteiger partial charge < -0.3 is 4.74 Å². The SMILES string of the molecule is COC(=O)CC(C)(C[N+](=O)[O-])c1cccc([N+](=O)[O-])c1. The van der Waals surface area contributed by atoms with Crippen LogP contribution in [0.5, 0.6) is 0 Å². The van der Waals surface area contributed by atoms with E-state index in [-0.39, 0.29) is 12.1 Å². The van der Waals surface area contributed by atoms with Crippen LogP contribution in [0.4, 0.5) is 5.69 Å². The largest absolute Gasteiger partial charge is 0.469 e. The lowest BCUT2D eigenvalue weighted by molar-refractivity contribution is -0.490. The number of carbonyl (C=O) groups excluding carboxylic acids is 1. The number of hydrogen-bond acceptors (Lipinski definition) is 6. The Morgan fingerprint density at radius 3 is 2.50 bits per heavy atom. The van der Waals surface area contributed by atoms with Crippen LogP contribution in [0, 0.1) is 20.2 Å². The molecule has 1 atom stereocenters. The Bertz CT molecular complexity index is 545. The molecule has 8 heteroatoms. The van der Waals surface area contributed by atoms with Gasteiger partial charge in [0.2, 0.25) is 6.54 Å². The van der Waals surface area contributed by atoms with E-state index in [2.05, 4.69) is 4.74 Å². The maximum atomic E-state index is 11.4. The van der Waals surface area contributed by atoms with Crippen LogP contribution in [0.15, 0.2) is 24.3 Å². The fraction of sp³-hybridized carbons (Fsp3) is 0.417. The van der Waals surface area contributed by atoms with Gasteiger partial charge >= 0.3 is 5.97 Å². The summed E-state index contributed by atoms with van der Waals surface area (Å²) in [6.07, 6.45) is -0.231. The smallest absolute Gasteiger partial charge is 0.306 e. The van der Waals surface area contributed by atoms with Crippen molar-refractivity contribution in [3.63, 3.8) is 0 Å². The number of carbonyl (C=O) groups is 1. The zero-order valence-electron chi connectivity index (χ0n) is 11.1. The number of hydrogen-bond donors (Lipinski definition) is 0. The first-order valence-corrected chi connectivity index (χ1v) is 5.72. The molecule has 0 aliphatic rings. The molecular formula is C12H14N2O6. The molecule has 1 aromatic carbocycles. The Labute approximate surface area is 114 Å². The molecule has 1 rings (SSSR count). The van der Waals surface area contributed by atoms with Crippen molar-refractivity contribution >= 4 is 11.7 Å². The second-order valence-electron chi connectivity index (χ2n) is 4.61. The first-order chi connectivity index (χ1) is 9.28. The Morgan fingerprint density at radius 1 is 1.35 bits per heavy atom. The van der Waals surface area contributed by atoms with Crippen LogP contribution in [-0.2, 0) is 14.9 Å². The molecule has 1 unspecified atom stereocenters. The summed E-state index contributed by atoms with van der Waals surface area (Å²) in [5.74, 6) is -0.610. The van der Waals surface area contributed by atoms with E-state index in [9.17, 15) is 25.0 Å². The van der Waals surface area contributed by atoms with Crippen molar-refractivity contribution in [2.45, 2.75) is 18.8 Å². The fourth-order valence-corrected chi connectivity index (χ4v) is 1.92. The van der Waals surface area contributed by atoms with Crippen molar-refractivity contribution < 1.29 is 19.4 Å². The van der Waals surface area contributed by atoms with Gasteiger partial charge in [-0.25, -0.2) is 0 Å². The lowest BCUT2D eigenvalue weighted by atomic mass is 9.79. The Balaban J connectivity index is 3.22. The van der Waals surface area contributed by atoms with Crippen molar-refractivity contribution in [2.75, 3.05) is 13.7 Å². The standard InChI is InChI=1S/C12H14N2O6/c1-12(8-13(16)17,7-11(15)20-2)9-4-3-5-10(6-9)14(18)19/h3-6H,7-8H2,1-2H3. The molecule has 0 spiro atoms.